The number of nitrogens with zero attached hydrogens (tertiary/aromatic N) is 1. The minimum Gasteiger partial charge on any atom is -0.508 e. The van der Waals surface area contributed by atoms with E-state index in [4.69, 9.17) is 4.74 Å². The van der Waals surface area contributed by atoms with Crippen LogP contribution in [0.4, 0.5) is 0 Å². The summed E-state index contributed by atoms with van der Waals surface area (Å²) in [7, 11) is 0. The van der Waals surface area contributed by atoms with Crippen LogP contribution in [-0.2, 0) is 14.3 Å². The predicted octanol–water partition coefficient (Wildman–Crippen LogP) is 3.91. The molecule has 2 aliphatic carbocycles. The first-order valence-electron chi connectivity index (χ1n) is 12.0. The fourth-order valence-corrected chi connectivity index (χ4v) is 6.84. The number of likely N-dealkylation sites (tertiary alicyclic amines) is 1. The SMILES string of the molecule is CCC[C@H]1C[C@@H]2C(=O)N(C3CCCCC3)C(=O)[C@@H]2[C@@H]2C[C@@H](c3ccccc3O)O[C@]12O. The Morgan fingerprint density at radius 2 is 1.84 bits per heavy atom. The lowest BCUT2D eigenvalue weighted by Crippen LogP contribution is -2.53. The average molecular weight is 428 g/mol. The molecule has 2 saturated carbocycles. The number of rotatable bonds is 4. The van der Waals surface area contributed by atoms with E-state index < -0.39 is 23.7 Å². The molecule has 1 aromatic rings. The van der Waals surface area contributed by atoms with Crippen molar-refractivity contribution in [1.82, 2.24) is 4.90 Å². The molecule has 1 aromatic carbocycles. The molecule has 6 nitrogen and oxygen atoms in total. The lowest BCUT2D eigenvalue weighted by Gasteiger charge is -2.44. The lowest BCUT2D eigenvalue weighted by molar-refractivity contribution is -0.270. The second-order valence-electron chi connectivity index (χ2n) is 9.95. The zero-order valence-corrected chi connectivity index (χ0v) is 18.2. The van der Waals surface area contributed by atoms with Crippen molar-refractivity contribution in [3.05, 3.63) is 29.8 Å². The Labute approximate surface area is 183 Å². The number of fused-ring (bicyclic) bond motifs is 3. The fourth-order valence-electron chi connectivity index (χ4n) is 6.84. The zero-order valence-electron chi connectivity index (χ0n) is 18.2. The van der Waals surface area contributed by atoms with Crippen molar-refractivity contribution < 1.29 is 24.5 Å². The van der Waals surface area contributed by atoms with E-state index in [2.05, 4.69) is 6.92 Å². The third-order valence-electron chi connectivity index (χ3n) is 8.26. The van der Waals surface area contributed by atoms with Gasteiger partial charge in [-0.1, -0.05) is 50.8 Å². The molecule has 0 radical (unpaired) electrons. The monoisotopic (exact) mass is 427 g/mol. The van der Waals surface area contributed by atoms with Gasteiger partial charge in [0.2, 0.25) is 11.8 Å². The smallest absolute Gasteiger partial charge is 0.233 e. The van der Waals surface area contributed by atoms with Gasteiger partial charge in [-0.15, -0.1) is 0 Å². The first-order chi connectivity index (χ1) is 15.0. The molecule has 5 rings (SSSR count). The number of carbonyl (C=O) groups excluding carboxylic acids is 2. The van der Waals surface area contributed by atoms with Crippen LogP contribution in [0.2, 0.25) is 0 Å². The number of benzene rings is 1. The number of phenols is 1. The fraction of sp³-hybridized carbons (Fsp3) is 0.680. The number of phenolic OH excluding ortho intramolecular Hbond substituents is 1. The van der Waals surface area contributed by atoms with Gasteiger partial charge < -0.3 is 14.9 Å². The van der Waals surface area contributed by atoms with Gasteiger partial charge in [-0.3, -0.25) is 14.5 Å². The van der Waals surface area contributed by atoms with Gasteiger partial charge in [0.15, 0.2) is 5.79 Å². The molecule has 6 heteroatoms. The van der Waals surface area contributed by atoms with E-state index >= 15 is 0 Å². The Kier molecular flexibility index (Phi) is 5.33. The summed E-state index contributed by atoms with van der Waals surface area (Å²) in [5, 5.41) is 22.1. The van der Waals surface area contributed by atoms with Crippen molar-refractivity contribution in [3.8, 4) is 5.75 Å². The molecular formula is C25H33NO5. The van der Waals surface area contributed by atoms with Crippen LogP contribution >= 0.6 is 0 Å². The molecule has 31 heavy (non-hydrogen) atoms. The van der Waals surface area contributed by atoms with E-state index in [1.54, 1.807) is 17.0 Å². The highest BCUT2D eigenvalue weighted by atomic mass is 16.6. The molecule has 4 aliphatic rings. The molecule has 2 saturated heterocycles. The van der Waals surface area contributed by atoms with Crippen molar-refractivity contribution in [2.24, 2.45) is 23.7 Å². The van der Waals surface area contributed by atoms with E-state index in [-0.39, 0.29) is 35.4 Å². The lowest BCUT2D eigenvalue weighted by atomic mass is 9.63. The first-order valence-corrected chi connectivity index (χ1v) is 12.0. The van der Waals surface area contributed by atoms with Crippen LogP contribution in [0.3, 0.4) is 0 Å². The zero-order chi connectivity index (χ0) is 21.8. The van der Waals surface area contributed by atoms with Crippen molar-refractivity contribution in [1.29, 1.82) is 0 Å². The van der Waals surface area contributed by atoms with Crippen LogP contribution in [-0.4, -0.2) is 38.8 Å². The molecule has 2 heterocycles. The summed E-state index contributed by atoms with van der Waals surface area (Å²) in [4.78, 5) is 28.6. The quantitative estimate of drug-likeness (QED) is 0.712. The van der Waals surface area contributed by atoms with Crippen molar-refractivity contribution in [2.75, 3.05) is 0 Å². The Bertz CT molecular complexity index is 865. The number of hydrogen-bond acceptors (Lipinski definition) is 5. The second kappa shape index (κ2) is 7.89. The number of ether oxygens (including phenoxy) is 1. The number of imide groups is 1. The van der Waals surface area contributed by atoms with E-state index in [1.807, 2.05) is 12.1 Å². The Morgan fingerprint density at radius 1 is 1.10 bits per heavy atom. The molecule has 168 valence electrons. The van der Waals surface area contributed by atoms with Gasteiger partial charge in [-0.05, 0) is 38.2 Å². The van der Waals surface area contributed by atoms with Crippen molar-refractivity contribution in [2.45, 2.75) is 82.6 Å². The summed E-state index contributed by atoms with van der Waals surface area (Å²) in [6.07, 6.45) is 7.12. The highest BCUT2D eigenvalue weighted by Gasteiger charge is 2.67. The van der Waals surface area contributed by atoms with Crippen LogP contribution < -0.4 is 0 Å². The molecule has 0 bridgehead atoms. The predicted molar refractivity (Wildman–Crippen MR) is 114 cm³/mol. The van der Waals surface area contributed by atoms with E-state index in [0.717, 1.165) is 44.9 Å². The van der Waals surface area contributed by atoms with Gasteiger partial charge in [-0.25, -0.2) is 0 Å². The van der Waals surface area contributed by atoms with Gasteiger partial charge in [0, 0.05) is 23.4 Å². The van der Waals surface area contributed by atoms with Gasteiger partial charge in [0.1, 0.15) is 5.75 Å². The summed E-state index contributed by atoms with van der Waals surface area (Å²) < 4.78 is 6.27. The highest BCUT2D eigenvalue weighted by Crippen LogP contribution is 2.59. The van der Waals surface area contributed by atoms with Crippen molar-refractivity contribution in [3.63, 3.8) is 0 Å². The van der Waals surface area contributed by atoms with Gasteiger partial charge in [-0.2, -0.15) is 0 Å². The summed E-state index contributed by atoms with van der Waals surface area (Å²) in [5.41, 5.74) is 0.637. The first kappa shape index (κ1) is 21.0. The minimum absolute atomic E-state index is 0.00774. The third-order valence-corrected chi connectivity index (χ3v) is 8.26. The summed E-state index contributed by atoms with van der Waals surface area (Å²) in [6, 6.07) is 7.03. The summed E-state index contributed by atoms with van der Waals surface area (Å²) >= 11 is 0. The molecule has 0 aromatic heterocycles. The summed E-state index contributed by atoms with van der Waals surface area (Å²) in [5.74, 6) is -2.96. The number of hydrogen-bond donors (Lipinski definition) is 2. The molecule has 0 spiro atoms. The van der Waals surface area contributed by atoms with Crippen LogP contribution in [0.5, 0.6) is 5.75 Å². The standard InChI is InChI=1S/C25H33NO5/c1-2-8-15-13-18-22(24(29)26(23(18)28)16-9-4-3-5-10-16)19-14-21(31-25(15,19)30)17-11-6-7-12-20(17)27/h6-7,11-12,15-16,18-19,21-22,27,30H,2-5,8-10,13-14H2,1H3/t15-,18-,19-,21-,22-,25+/m0/s1. The topological polar surface area (TPSA) is 87.1 Å². The highest BCUT2D eigenvalue weighted by molar-refractivity contribution is 6.05. The van der Waals surface area contributed by atoms with Gasteiger partial charge in [0.25, 0.3) is 0 Å². The summed E-state index contributed by atoms with van der Waals surface area (Å²) in [6.45, 7) is 2.07. The van der Waals surface area contributed by atoms with Crippen molar-refractivity contribution >= 4 is 11.8 Å². The number of amides is 2. The Hall–Kier alpha value is -1.92. The molecule has 2 N–H and O–H groups in total. The van der Waals surface area contributed by atoms with Crippen LogP contribution in [0, 0.1) is 23.7 Å². The Morgan fingerprint density at radius 3 is 2.55 bits per heavy atom. The molecule has 6 atom stereocenters. The van der Waals surface area contributed by atoms with Crippen LogP contribution in [0.25, 0.3) is 0 Å². The third kappa shape index (κ3) is 3.21. The van der Waals surface area contributed by atoms with Gasteiger partial charge >= 0.3 is 0 Å². The Balaban J connectivity index is 1.49. The molecular weight excluding hydrogens is 394 g/mol. The number of carbonyl (C=O) groups is 2. The molecule has 2 amide bonds. The normalized spacial score (nSPS) is 38.4. The number of para-hydroxylation sites is 1. The number of aliphatic hydroxyl groups is 1. The van der Waals surface area contributed by atoms with E-state index in [1.165, 1.54) is 0 Å². The maximum atomic E-state index is 13.6. The minimum atomic E-state index is -1.44. The van der Waals surface area contributed by atoms with Crippen LogP contribution in [0.15, 0.2) is 24.3 Å². The maximum absolute atomic E-state index is 13.6. The van der Waals surface area contributed by atoms with E-state index in [0.29, 0.717) is 18.4 Å². The van der Waals surface area contributed by atoms with Gasteiger partial charge in [0.05, 0.1) is 17.9 Å². The molecule has 0 unspecified atom stereocenters. The largest absolute Gasteiger partial charge is 0.508 e. The average Bonchev–Trinajstić information content (AvgIpc) is 3.24. The second-order valence-corrected chi connectivity index (χ2v) is 9.95. The molecule has 4 fully saturated rings. The van der Waals surface area contributed by atoms with Crippen LogP contribution in [0.1, 0.15) is 76.4 Å². The number of aromatic hydroxyl groups is 1. The van der Waals surface area contributed by atoms with E-state index in [9.17, 15) is 19.8 Å². The molecule has 2 aliphatic heterocycles. The maximum Gasteiger partial charge on any atom is 0.233 e.